The van der Waals surface area contributed by atoms with Crippen molar-refractivity contribution in [2.75, 3.05) is 6.54 Å². The molecule has 82 valence electrons. The van der Waals surface area contributed by atoms with E-state index in [-0.39, 0.29) is 0 Å². The third-order valence-corrected chi connectivity index (χ3v) is 2.90. The van der Waals surface area contributed by atoms with Crippen molar-refractivity contribution in [1.82, 2.24) is 5.32 Å². The van der Waals surface area contributed by atoms with E-state index < -0.39 is 0 Å². The topological polar surface area (TPSA) is 32.3 Å². The summed E-state index contributed by atoms with van der Waals surface area (Å²) >= 11 is 0. The van der Waals surface area contributed by atoms with Crippen LogP contribution in [0.15, 0.2) is 24.3 Å². The Morgan fingerprint density at radius 2 is 2.20 bits per heavy atom. The van der Waals surface area contributed by atoms with Gasteiger partial charge in [-0.3, -0.25) is 0 Å². The average molecular weight is 205 g/mol. The monoisotopic (exact) mass is 205 g/mol. The van der Waals surface area contributed by atoms with Gasteiger partial charge < -0.3 is 10.4 Å². The number of aromatic hydroxyl groups is 1. The lowest BCUT2D eigenvalue weighted by Crippen LogP contribution is -2.14. The molecule has 0 bridgehead atoms. The van der Waals surface area contributed by atoms with Gasteiger partial charge in [0.2, 0.25) is 0 Å². The van der Waals surface area contributed by atoms with Crippen molar-refractivity contribution >= 4 is 0 Å². The first-order valence-electron chi connectivity index (χ1n) is 5.83. The summed E-state index contributed by atoms with van der Waals surface area (Å²) in [7, 11) is 0. The first-order valence-corrected chi connectivity index (χ1v) is 5.83. The highest BCUT2D eigenvalue weighted by atomic mass is 16.3. The molecule has 1 fully saturated rings. The van der Waals surface area contributed by atoms with Crippen LogP contribution in [0.5, 0.6) is 5.75 Å². The van der Waals surface area contributed by atoms with Crippen LogP contribution < -0.4 is 5.32 Å². The molecule has 0 aromatic heterocycles. The fraction of sp³-hybridized carbons (Fsp3) is 0.538. The van der Waals surface area contributed by atoms with Crippen LogP contribution in [0.4, 0.5) is 0 Å². The Labute approximate surface area is 91.3 Å². The van der Waals surface area contributed by atoms with Crippen molar-refractivity contribution in [3.05, 3.63) is 29.8 Å². The summed E-state index contributed by atoms with van der Waals surface area (Å²) in [4.78, 5) is 0. The molecule has 0 amide bonds. The van der Waals surface area contributed by atoms with Crippen molar-refractivity contribution in [3.8, 4) is 5.75 Å². The maximum absolute atomic E-state index is 9.27. The number of nitrogens with one attached hydrogen (secondary N) is 1. The molecule has 1 saturated carbocycles. The maximum Gasteiger partial charge on any atom is 0.115 e. The highest BCUT2D eigenvalue weighted by molar-refractivity contribution is 5.26. The van der Waals surface area contributed by atoms with Crippen LogP contribution in [-0.2, 0) is 6.54 Å². The fourth-order valence-electron chi connectivity index (χ4n) is 1.82. The summed E-state index contributed by atoms with van der Waals surface area (Å²) < 4.78 is 0. The van der Waals surface area contributed by atoms with Gasteiger partial charge in [-0.2, -0.15) is 0 Å². The molecule has 2 rings (SSSR count). The first-order chi connectivity index (χ1) is 7.34. The van der Waals surface area contributed by atoms with Crippen LogP contribution in [-0.4, -0.2) is 11.7 Å². The van der Waals surface area contributed by atoms with E-state index in [0.717, 1.165) is 24.6 Å². The van der Waals surface area contributed by atoms with E-state index in [2.05, 4.69) is 5.32 Å². The van der Waals surface area contributed by atoms with Crippen LogP contribution in [0.1, 0.15) is 31.2 Å². The SMILES string of the molecule is Oc1cccc(CNCCCC2CC2)c1. The summed E-state index contributed by atoms with van der Waals surface area (Å²) in [5.41, 5.74) is 1.15. The van der Waals surface area contributed by atoms with Gasteiger partial charge >= 0.3 is 0 Å². The minimum Gasteiger partial charge on any atom is -0.508 e. The molecule has 1 aromatic rings. The van der Waals surface area contributed by atoms with E-state index in [1.807, 2.05) is 18.2 Å². The maximum atomic E-state index is 9.27. The molecule has 1 aliphatic rings. The van der Waals surface area contributed by atoms with Gasteiger partial charge in [0.15, 0.2) is 0 Å². The Bertz CT molecular complexity index is 307. The van der Waals surface area contributed by atoms with Crippen molar-refractivity contribution in [2.24, 2.45) is 5.92 Å². The zero-order valence-corrected chi connectivity index (χ0v) is 9.08. The van der Waals surface area contributed by atoms with Gasteiger partial charge in [0, 0.05) is 6.54 Å². The molecule has 0 spiro atoms. The van der Waals surface area contributed by atoms with Gasteiger partial charge in [-0.15, -0.1) is 0 Å². The Hall–Kier alpha value is -1.02. The van der Waals surface area contributed by atoms with Gasteiger partial charge in [-0.1, -0.05) is 25.0 Å². The normalized spacial score (nSPS) is 15.5. The number of phenolic OH excluding ortho intramolecular Hbond substituents is 1. The molecule has 0 radical (unpaired) electrons. The van der Waals surface area contributed by atoms with E-state index in [1.165, 1.54) is 25.7 Å². The molecule has 0 heterocycles. The number of rotatable bonds is 6. The molecule has 0 aliphatic heterocycles. The Morgan fingerprint density at radius 1 is 1.33 bits per heavy atom. The lowest BCUT2D eigenvalue weighted by molar-refractivity contribution is 0.474. The molecular formula is C13H19NO. The number of phenols is 1. The molecule has 2 nitrogen and oxygen atoms in total. The number of benzene rings is 1. The smallest absolute Gasteiger partial charge is 0.115 e. The van der Waals surface area contributed by atoms with Crippen molar-refractivity contribution in [2.45, 2.75) is 32.2 Å². The summed E-state index contributed by atoms with van der Waals surface area (Å²) in [6.07, 6.45) is 5.57. The van der Waals surface area contributed by atoms with Crippen LogP contribution in [0.2, 0.25) is 0 Å². The second kappa shape index (κ2) is 5.17. The van der Waals surface area contributed by atoms with Gasteiger partial charge in [-0.25, -0.2) is 0 Å². The van der Waals surface area contributed by atoms with E-state index in [0.29, 0.717) is 5.75 Å². The number of hydrogen-bond acceptors (Lipinski definition) is 2. The largest absolute Gasteiger partial charge is 0.508 e. The van der Waals surface area contributed by atoms with Gasteiger partial charge in [0.05, 0.1) is 0 Å². The predicted molar refractivity (Wildman–Crippen MR) is 61.8 cm³/mol. The van der Waals surface area contributed by atoms with Crippen molar-refractivity contribution in [3.63, 3.8) is 0 Å². The van der Waals surface area contributed by atoms with Gasteiger partial charge in [-0.05, 0) is 43.0 Å². The van der Waals surface area contributed by atoms with Gasteiger partial charge in [0.25, 0.3) is 0 Å². The van der Waals surface area contributed by atoms with E-state index >= 15 is 0 Å². The summed E-state index contributed by atoms with van der Waals surface area (Å²) in [6.45, 7) is 1.95. The molecule has 2 N–H and O–H groups in total. The molecule has 1 aliphatic carbocycles. The van der Waals surface area contributed by atoms with E-state index in [1.54, 1.807) is 6.07 Å². The predicted octanol–water partition coefficient (Wildman–Crippen LogP) is 2.67. The minimum atomic E-state index is 0.354. The summed E-state index contributed by atoms with van der Waals surface area (Å²) in [6, 6.07) is 7.44. The van der Waals surface area contributed by atoms with Crippen molar-refractivity contribution in [1.29, 1.82) is 0 Å². The van der Waals surface area contributed by atoms with Crippen LogP contribution in [0.3, 0.4) is 0 Å². The number of hydrogen-bond donors (Lipinski definition) is 2. The third-order valence-electron chi connectivity index (χ3n) is 2.90. The minimum absolute atomic E-state index is 0.354. The molecule has 0 unspecified atom stereocenters. The third kappa shape index (κ3) is 3.92. The zero-order chi connectivity index (χ0) is 10.5. The second-order valence-electron chi connectivity index (χ2n) is 4.43. The quantitative estimate of drug-likeness (QED) is 0.700. The lowest BCUT2D eigenvalue weighted by atomic mass is 10.2. The molecule has 2 heteroatoms. The van der Waals surface area contributed by atoms with E-state index in [4.69, 9.17) is 0 Å². The molecule has 15 heavy (non-hydrogen) atoms. The van der Waals surface area contributed by atoms with Gasteiger partial charge in [0.1, 0.15) is 5.75 Å². The average Bonchev–Trinajstić information content (AvgIpc) is 3.01. The Kier molecular flexibility index (Phi) is 3.62. The van der Waals surface area contributed by atoms with Crippen LogP contribution >= 0.6 is 0 Å². The summed E-state index contributed by atoms with van der Waals surface area (Å²) in [5, 5.41) is 12.7. The standard InChI is InChI=1S/C13H19NO/c15-13-5-1-3-12(9-13)10-14-8-2-4-11-6-7-11/h1,3,5,9,11,14-15H,2,4,6-8,10H2. The fourth-order valence-corrected chi connectivity index (χ4v) is 1.82. The zero-order valence-electron chi connectivity index (χ0n) is 9.08. The van der Waals surface area contributed by atoms with E-state index in [9.17, 15) is 5.11 Å². The van der Waals surface area contributed by atoms with Crippen molar-refractivity contribution < 1.29 is 5.11 Å². The molecule has 0 saturated heterocycles. The molecular weight excluding hydrogens is 186 g/mol. The first kappa shape index (κ1) is 10.5. The molecule has 1 aromatic carbocycles. The summed E-state index contributed by atoms with van der Waals surface area (Å²) in [5.74, 6) is 1.39. The van der Waals surface area contributed by atoms with Crippen LogP contribution in [0.25, 0.3) is 0 Å². The molecule has 0 atom stereocenters. The Balaban J connectivity index is 1.60. The highest BCUT2D eigenvalue weighted by Crippen LogP contribution is 2.33. The Morgan fingerprint density at radius 3 is 2.93 bits per heavy atom. The second-order valence-corrected chi connectivity index (χ2v) is 4.43. The highest BCUT2D eigenvalue weighted by Gasteiger charge is 2.19. The van der Waals surface area contributed by atoms with Crippen LogP contribution in [0, 0.1) is 5.92 Å². The lowest BCUT2D eigenvalue weighted by Gasteiger charge is -2.04.